The molecule has 0 saturated carbocycles. The zero-order valence-electron chi connectivity index (χ0n) is 18.4. The fourth-order valence-corrected chi connectivity index (χ4v) is 3.74. The van der Waals surface area contributed by atoms with Crippen LogP contribution in [0.25, 0.3) is 0 Å². The minimum absolute atomic E-state index is 0. The molecule has 1 fully saturated rings. The van der Waals surface area contributed by atoms with Gasteiger partial charge in [-0.05, 0) is 26.2 Å². The zero-order chi connectivity index (χ0) is 21.3. The van der Waals surface area contributed by atoms with Crippen molar-refractivity contribution in [3.63, 3.8) is 0 Å². The Morgan fingerprint density at radius 2 is 2.07 bits per heavy atom. The van der Waals surface area contributed by atoms with Crippen LogP contribution in [-0.4, -0.2) is 57.5 Å². The summed E-state index contributed by atoms with van der Waals surface area (Å²) in [7, 11) is -3.38. The molecule has 1 aromatic rings. The number of oxazole rings is 1. The average Bonchev–Trinajstić information content (AvgIpc) is 3.15. The molecule has 2 rings (SSSR count). The molecule has 9 nitrogen and oxygen atoms in total. The quantitative estimate of drug-likeness (QED) is 0.242. The van der Waals surface area contributed by atoms with Crippen LogP contribution in [-0.2, 0) is 26.7 Å². The number of guanidine groups is 1. The largest absolute Gasteiger partial charge is 0.443 e. The molecule has 1 aromatic heterocycles. The molecule has 30 heavy (non-hydrogen) atoms. The van der Waals surface area contributed by atoms with E-state index in [0.29, 0.717) is 31.5 Å². The molecule has 0 aliphatic carbocycles. The van der Waals surface area contributed by atoms with Crippen LogP contribution < -0.4 is 15.4 Å². The lowest BCUT2D eigenvalue weighted by Gasteiger charge is -2.22. The minimum Gasteiger partial charge on any atom is -0.443 e. The third-order valence-corrected chi connectivity index (χ3v) is 5.83. The van der Waals surface area contributed by atoms with Gasteiger partial charge in [-0.2, -0.15) is 0 Å². The highest BCUT2D eigenvalue weighted by Crippen LogP contribution is 2.22. The topological polar surface area (TPSA) is 118 Å². The van der Waals surface area contributed by atoms with Crippen molar-refractivity contribution in [2.24, 2.45) is 4.99 Å². The van der Waals surface area contributed by atoms with E-state index in [1.54, 1.807) is 6.20 Å². The van der Waals surface area contributed by atoms with E-state index in [9.17, 15) is 8.42 Å². The monoisotopic (exact) mass is 557 g/mol. The van der Waals surface area contributed by atoms with Gasteiger partial charge in [0, 0.05) is 31.7 Å². The van der Waals surface area contributed by atoms with Crippen molar-refractivity contribution in [1.29, 1.82) is 0 Å². The number of ether oxygens (including phenoxy) is 1. The number of rotatable bonds is 9. The lowest BCUT2D eigenvalue weighted by atomic mass is 9.94. The maximum Gasteiger partial charge on any atom is 0.216 e. The summed E-state index contributed by atoms with van der Waals surface area (Å²) < 4.78 is 38.3. The molecule has 1 saturated heterocycles. The van der Waals surface area contributed by atoms with Crippen molar-refractivity contribution in [3.8, 4) is 0 Å². The summed E-state index contributed by atoms with van der Waals surface area (Å²) >= 11 is 0. The van der Waals surface area contributed by atoms with Crippen molar-refractivity contribution in [2.75, 3.05) is 32.0 Å². The second-order valence-electron chi connectivity index (χ2n) is 8.15. The predicted octanol–water partition coefficient (Wildman–Crippen LogP) is 2.13. The summed E-state index contributed by atoms with van der Waals surface area (Å²) in [5.74, 6) is 1.81. The molecule has 1 aliphatic heterocycles. The second kappa shape index (κ2) is 12.8. The van der Waals surface area contributed by atoms with Crippen molar-refractivity contribution < 1.29 is 17.6 Å². The normalized spacial score (nSPS) is 18.0. The first-order valence-corrected chi connectivity index (χ1v) is 11.9. The third-order valence-electron chi connectivity index (χ3n) is 4.48. The van der Waals surface area contributed by atoms with Crippen LogP contribution in [0.1, 0.15) is 58.6 Å². The van der Waals surface area contributed by atoms with E-state index in [1.165, 1.54) is 0 Å². The first-order valence-electron chi connectivity index (χ1n) is 10.3. The number of hydrogen-bond acceptors (Lipinski definition) is 6. The van der Waals surface area contributed by atoms with Crippen LogP contribution >= 0.6 is 24.0 Å². The number of hydrogen-bond donors (Lipinski definition) is 3. The van der Waals surface area contributed by atoms with Gasteiger partial charge in [0.15, 0.2) is 5.96 Å². The highest BCUT2D eigenvalue weighted by atomic mass is 127. The van der Waals surface area contributed by atoms with Gasteiger partial charge in [0.05, 0.1) is 18.1 Å². The van der Waals surface area contributed by atoms with Crippen LogP contribution in [0, 0.1) is 0 Å². The Kier molecular flexibility index (Phi) is 11.6. The van der Waals surface area contributed by atoms with Gasteiger partial charge < -0.3 is 19.8 Å². The number of nitrogens with zero attached hydrogens (tertiary/aromatic N) is 2. The summed E-state index contributed by atoms with van der Waals surface area (Å²) in [6.07, 6.45) is 4.72. The Balaban J connectivity index is 0.00000450. The summed E-state index contributed by atoms with van der Waals surface area (Å²) in [6, 6.07) is 0. The van der Waals surface area contributed by atoms with Gasteiger partial charge in [-0.3, -0.25) is 0 Å². The number of halogens is 1. The number of nitrogens with one attached hydrogen (secondary N) is 3. The van der Waals surface area contributed by atoms with Gasteiger partial charge in [-0.15, -0.1) is 24.0 Å². The zero-order valence-corrected chi connectivity index (χ0v) is 21.5. The highest BCUT2D eigenvalue weighted by Gasteiger charge is 2.19. The third kappa shape index (κ3) is 9.92. The molecule has 174 valence electrons. The van der Waals surface area contributed by atoms with Crippen LogP contribution in [0.15, 0.2) is 15.6 Å². The predicted molar refractivity (Wildman–Crippen MR) is 129 cm³/mol. The number of aromatic nitrogens is 1. The molecule has 0 amide bonds. The molecule has 1 unspecified atom stereocenters. The Labute approximate surface area is 197 Å². The molecular weight excluding hydrogens is 521 g/mol. The van der Waals surface area contributed by atoms with Gasteiger partial charge in [0.1, 0.15) is 12.3 Å². The van der Waals surface area contributed by atoms with Crippen molar-refractivity contribution >= 4 is 40.0 Å². The Bertz CT molecular complexity index is 755. The van der Waals surface area contributed by atoms with Crippen LogP contribution in [0.3, 0.4) is 0 Å². The standard InChI is InChI=1S/C19H35N5O4S.HI/c1-5-20-18(23-14-17-22-13-16(28-17)19(2,3)4)21-9-11-29(25,26)24-12-15-8-6-7-10-27-15;/h13,15,24H,5-12,14H2,1-4H3,(H2,20,21,23);1H. The summed E-state index contributed by atoms with van der Waals surface area (Å²) in [5.41, 5.74) is -0.109. The van der Waals surface area contributed by atoms with Crippen molar-refractivity contribution in [3.05, 3.63) is 17.8 Å². The van der Waals surface area contributed by atoms with E-state index < -0.39 is 10.0 Å². The molecule has 0 radical (unpaired) electrons. The lowest BCUT2D eigenvalue weighted by Crippen LogP contribution is -2.42. The van der Waals surface area contributed by atoms with E-state index >= 15 is 0 Å². The Morgan fingerprint density at radius 3 is 2.67 bits per heavy atom. The minimum atomic E-state index is -3.38. The van der Waals surface area contributed by atoms with Crippen LogP contribution in [0.2, 0.25) is 0 Å². The molecule has 0 bridgehead atoms. The number of sulfonamides is 1. The van der Waals surface area contributed by atoms with Gasteiger partial charge in [-0.25, -0.2) is 23.1 Å². The Hall–Kier alpha value is -0.920. The fourth-order valence-electron chi connectivity index (χ4n) is 2.78. The Morgan fingerprint density at radius 1 is 1.30 bits per heavy atom. The summed E-state index contributed by atoms with van der Waals surface area (Å²) in [6.45, 7) is 10.3. The van der Waals surface area contributed by atoms with Gasteiger partial charge in [0.2, 0.25) is 15.9 Å². The summed E-state index contributed by atoms with van der Waals surface area (Å²) in [5, 5.41) is 6.14. The molecule has 1 aliphatic rings. The maximum atomic E-state index is 12.2. The van der Waals surface area contributed by atoms with E-state index in [2.05, 4.69) is 46.1 Å². The van der Waals surface area contributed by atoms with Gasteiger partial charge >= 0.3 is 0 Å². The van der Waals surface area contributed by atoms with Gasteiger partial charge in [-0.1, -0.05) is 20.8 Å². The fraction of sp³-hybridized carbons (Fsp3) is 0.789. The molecule has 11 heteroatoms. The molecule has 0 aromatic carbocycles. The van der Waals surface area contributed by atoms with Crippen molar-refractivity contribution in [1.82, 2.24) is 20.3 Å². The lowest BCUT2D eigenvalue weighted by molar-refractivity contribution is 0.0200. The van der Waals surface area contributed by atoms with E-state index in [-0.39, 0.29) is 54.3 Å². The average molecular weight is 557 g/mol. The summed E-state index contributed by atoms with van der Waals surface area (Å²) in [4.78, 5) is 8.68. The van der Waals surface area contributed by atoms with Crippen LogP contribution in [0.4, 0.5) is 0 Å². The smallest absolute Gasteiger partial charge is 0.216 e. The molecule has 2 heterocycles. The molecule has 3 N–H and O–H groups in total. The van der Waals surface area contributed by atoms with E-state index in [1.807, 2.05) is 6.92 Å². The van der Waals surface area contributed by atoms with E-state index in [4.69, 9.17) is 9.15 Å². The SMILES string of the molecule is CCNC(=NCc1ncc(C(C)(C)C)o1)NCCS(=O)(=O)NCC1CCCCO1.I. The van der Waals surface area contributed by atoms with Crippen LogP contribution in [0.5, 0.6) is 0 Å². The van der Waals surface area contributed by atoms with Crippen molar-refractivity contribution in [2.45, 2.75) is 65.0 Å². The second-order valence-corrected chi connectivity index (χ2v) is 10.1. The highest BCUT2D eigenvalue weighted by molar-refractivity contribution is 14.0. The number of aliphatic imine (C=N–C) groups is 1. The van der Waals surface area contributed by atoms with Gasteiger partial charge in [0.25, 0.3) is 0 Å². The molecule has 1 atom stereocenters. The first kappa shape index (κ1) is 27.1. The molecular formula is C19H36IN5O4S. The first-order chi connectivity index (χ1) is 13.7. The van der Waals surface area contributed by atoms with E-state index in [0.717, 1.165) is 25.0 Å². The molecule has 0 spiro atoms. The maximum absolute atomic E-state index is 12.2.